The summed E-state index contributed by atoms with van der Waals surface area (Å²) in [5.74, 6) is 0.161. The zero-order valence-corrected chi connectivity index (χ0v) is 21.2. The van der Waals surface area contributed by atoms with E-state index >= 15 is 4.39 Å². The molecule has 4 heterocycles. The summed E-state index contributed by atoms with van der Waals surface area (Å²) < 4.78 is 21.2. The Kier molecular flexibility index (Phi) is 7.48. The van der Waals surface area contributed by atoms with Crippen LogP contribution in [0.3, 0.4) is 0 Å². The zero-order valence-electron chi connectivity index (χ0n) is 19.6. The molecule has 0 bridgehead atoms. The second kappa shape index (κ2) is 10.9. The molecule has 1 aliphatic rings. The van der Waals surface area contributed by atoms with Crippen molar-refractivity contribution in [1.82, 2.24) is 30.4 Å². The van der Waals surface area contributed by atoms with Gasteiger partial charge in [-0.2, -0.15) is 5.10 Å². The average Bonchev–Trinajstić information content (AvgIpc) is 3.27. The van der Waals surface area contributed by atoms with E-state index < -0.39 is 11.9 Å². The van der Waals surface area contributed by atoms with Crippen molar-refractivity contribution < 1.29 is 9.13 Å². The van der Waals surface area contributed by atoms with E-state index in [0.29, 0.717) is 32.6 Å². The molecule has 1 aliphatic heterocycles. The van der Waals surface area contributed by atoms with Gasteiger partial charge in [-0.25, -0.2) is 4.39 Å². The molecule has 0 saturated carbocycles. The number of H-pyrrole nitrogens is 1. The largest absolute Gasteiger partial charge is 0.486 e. The monoisotopic (exact) mass is 526 g/mol. The Balaban J connectivity index is 1.33. The summed E-state index contributed by atoms with van der Waals surface area (Å²) in [5, 5.41) is 12.1. The number of halogens is 3. The average molecular weight is 527 g/mol. The molecule has 1 unspecified atom stereocenters. The van der Waals surface area contributed by atoms with Gasteiger partial charge >= 0.3 is 0 Å². The minimum atomic E-state index is -0.418. The van der Waals surface area contributed by atoms with Crippen molar-refractivity contribution in [3.05, 3.63) is 81.5 Å². The first-order chi connectivity index (χ1) is 17.5. The number of rotatable bonds is 7. The summed E-state index contributed by atoms with van der Waals surface area (Å²) >= 11 is 12.5. The fraction of sp³-hybridized carbons (Fsp3) is 0.269. The first kappa shape index (κ1) is 24.6. The van der Waals surface area contributed by atoms with Gasteiger partial charge in [0.1, 0.15) is 17.7 Å². The van der Waals surface area contributed by atoms with Crippen LogP contribution in [0.2, 0.25) is 10.0 Å². The minimum Gasteiger partial charge on any atom is -0.486 e. The summed E-state index contributed by atoms with van der Waals surface area (Å²) in [6.45, 7) is 6.53. The maximum absolute atomic E-state index is 15.1. The van der Waals surface area contributed by atoms with Crippen molar-refractivity contribution in [2.45, 2.75) is 19.6 Å². The number of hydrogen-bond acceptors (Lipinski definition) is 6. The van der Waals surface area contributed by atoms with Crippen LogP contribution in [0.15, 0.2) is 48.9 Å². The highest BCUT2D eigenvalue weighted by Gasteiger charge is 2.17. The van der Waals surface area contributed by atoms with Crippen molar-refractivity contribution >= 4 is 46.0 Å². The Morgan fingerprint density at radius 2 is 1.92 bits per heavy atom. The number of pyridine rings is 2. The maximum Gasteiger partial charge on any atom is 0.134 e. The van der Waals surface area contributed by atoms with Crippen LogP contribution in [0.25, 0.3) is 22.8 Å². The molecule has 36 heavy (non-hydrogen) atoms. The van der Waals surface area contributed by atoms with E-state index in [4.69, 9.17) is 27.9 Å². The third-order valence-electron chi connectivity index (χ3n) is 6.13. The lowest BCUT2D eigenvalue weighted by Gasteiger charge is -2.26. The summed E-state index contributed by atoms with van der Waals surface area (Å²) in [7, 11) is 0. The molecule has 7 nitrogen and oxygen atoms in total. The summed E-state index contributed by atoms with van der Waals surface area (Å²) in [6.07, 6.45) is 5.60. The van der Waals surface area contributed by atoms with Gasteiger partial charge in [0.2, 0.25) is 0 Å². The summed E-state index contributed by atoms with van der Waals surface area (Å²) in [6, 6.07) is 9.08. The van der Waals surface area contributed by atoms with Gasteiger partial charge in [-0.1, -0.05) is 23.2 Å². The van der Waals surface area contributed by atoms with Crippen LogP contribution in [0, 0.1) is 0 Å². The number of fused-ring (bicyclic) bond motifs is 1. The molecule has 0 spiro atoms. The molecule has 0 aliphatic carbocycles. The molecule has 5 rings (SSSR count). The number of piperazine rings is 1. The predicted molar refractivity (Wildman–Crippen MR) is 141 cm³/mol. The molecule has 1 aromatic carbocycles. The minimum absolute atomic E-state index is 0.401. The summed E-state index contributed by atoms with van der Waals surface area (Å²) in [5.41, 5.74) is 3.20. The Morgan fingerprint density at radius 1 is 1.14 bits per heavy atom. The molecule has 186 valence electrons. The van der Waals surface area contributed by atoms with Crippen molar-refractivity contribution in [3.63, 3.8) is 0 Å². The molecule has 1 saturated heterocycles. The highest BCUT2D eigenvalue weighted by molar-refractivity contribution is 6.35. The van der Waals surface area contributed by atoms with Gasteiger partial charge in [0.25, 0.3) is 0 Å². The van der Waals surface area contributed by atoms with Gasteiger partial charge in [0.05, 0.1) is 26.9 Å². The van der Waals surface area contributed by atoms with E-state index in [-0.39, 0.29) is 0 Å². The molecule has 3 aromatic heterocycles. The fourth-order valence-electron chi connectivity index (χ4n) is 4.23. The van der Waals surface area contributed by atoms with Crippen LogP contribution in [-0.4, -0.2) is 51.2 Å². The van der Waals surface area contributed by atoms with Crippen molar-refractivity contribution in [1.29, 1.82) is 0 Å². The number of nitrogens with one attached hydrogen (secondary N) is 2. The van der Waals surface area contributed by atoms with Gasteiger partial charge < -0.3 is 10.1 Å². The van der Waals surface area contributed by atoms with E-state index in [2.05, 4.69) is 30.4 Å². The van der Waals surface area contributed by atoms with E-state index in [1.165, 1.54) is 18.5 Å². The second-order valence-corrected chi connectivity index (χ2v) is 9.46. The Hall–Kier alpha value is -3.04. The first-order valence-electron chi connectivity index (χ1n) is 11.7. The van der Waals surface area contributed by atoms with Crippen molar-refractivity contribution in [2.24, 2.45) is 0 Å². The second-order valence-electron chi connectivity index (χ2n) is 8.65. The van der Waals surface area contributed by atoms with E-state index in [1.807, 2.05) is 31.2 Å². The number of ether oxygens (including phenoxy) is 1. The molecular weight excluding hydrogens is 502 g/mol. The SMILES string of the molecule is CC(Oc1ccc2[nH]nc(/C=C(\F)c3ccc(CN4CCNCC4)nc3)c2c1)c1c(Cl)cncc1Cl. The molecular formula is C26H25Cl2FN6O. The number of hydrogen-bond donors (Lipinski definition) is 2. The number of aromatic nitrogens is 4. The quantitative estimate of drug-likeness (QED) is 0.323. The number of nitrogens with zero attached hydrogens (tertiary/aromatic N) is 4. The standard InChI is InChI=1S/C26H25Cl2FN6O/c1-16(26-21(27)13-31-14-22(26)28)36-19-4-5-24-20(10-19)25(34-33-24)11-23(29)17-2-3-18(32-12-17)15-35-8-6-30-7-9-35/h2-5,10-14,16,30H,6-9,15H2,1H3,(H,33,34)/b23-11-. The Morgan fingerprint density at radius 3 is 2.64 bits per heavy atom. The molecule has 0 amide bonds. The highest BCUT2D eigenvalue weighted by atomic mass is 35.5. The lowest BCUT2D eigenvalue weighted by molar-refractivity contribution is 0.227. The van der Waals surface area contributed by atoms with Crippen LogP contribution in [0.5, 0.6) is 5.75 Å². The lowest BCUT2D eigenvalue weighted by Crippen LogP contribution is -2.43. The van der Waals surface area contributed by atoms with Crippen LogP contribution in [0.4, 0.5) is 4.39 Å². The third kappa shape index (κ3) is 5.52. The predicted octanol–water partition coefficient (Wildman–Crippen LogP) is 5.67. The van der Waals surface area contributed by atoms with Gasteiger partial charge in [0.15, 0.2) is 0 Å². The molecule has 10 heteroatoms. The molecule has 4 aromatic rings. The molecule has 2 N–H and O–H groups in total. The third-order valence-corrected chi connectivity index (χ3v) is 6.74. The van der Waals surface area contributed by atoms with Gasteiger partial charge in [-0.3, -0.25) is 20.0 Å². The maximum atomic E-state index is 15.1. The van der Waals surface area contributed by atoms with E-state index in [0.717, 1.165) is 49.3 Å². The van der Waals surface area contributed by atoms with Crippen molar-refractivity contribution in [3.8, 4) is 5.75 Å². The highest BCUT2D eigenvalue weighted by Crippen LogP contribution is 2.34. The van der Waals surface area contributed by atoms with Gasteiger partial charge in [0, 0.05) is 73.9 Å². The normalized spacial score (nSPS) is 15.8. The van der Waals surface area contributed by atoms with Crippen LogP contribution in [-0.2, 0) is 6.54 Å². The first-order valence-corrected chi connectivity index (χ1v) is 12.4. The Bertz CT molecular complexity index is 1360. The topological polar surface area (TPSA) is 79.0 Å². The Labute approximate surface area is 218 Å². The van der Waals surface area contributed by atoms with E-state index in [9.17, 15) is 0 Å². The fourth-order valence-corrected chi connectivity index (χ4v) is 4.90. The van der Waals surface area contributed by atoms with Gasteiger partial charge in [-0.05, 0) is 37.3 Å². The van der Waals surface area contributed by atoms with Crippen LogP contribution >= 0.6 is 23.2 Å². The van der Waals surface area contributed by atoms with Crippen LogP contribution < -0.4 is 10.1 Å². The van der Waals surface area contributed by atoms with Crippen LogP contribution in [0.1, 0.15) is 35.5 Å². The smallest absolute Gasteiger partial charge is 0.134 e. The number of aromatic amines is 1. The molecule has 0 radical (unpaired) electrons. The zero-order chi connectivity index (χ0) is 25.1. The lowest BCUT2D eigenvalue weighted by atomic mass is 10.1. The molecule has 1 fully saturated rings. The van der Waals surface area contributed by atoms with Gasteiger partial charge in [-0.15, -0.1) is 0 Å². The number of benzene rings is 1. The molecule has 1 atom stereocenters. The van der Waals surface area contributed by atoms with E-state index in [1.54, 1.807) is 12.3 Å². The van der Waals surface area contributed by atoms with Crippen molar-refractivity contribution in [2.75, 3.05) is 26.2 Å². The summed E-state index contributed by atoms with van der Waals surface area (Å²) in [4.78, 5) is 10.8.